The molecule has 2 N–H and O–H groups in total. The van der Waals surface area contributed by atoms with Crippen molar-refractivity contribution in [3.8, 4) is 16.9 Å². The Morgan fingerprint density at radius 3 is 2.37 bits per heavy atom. The van der Waals surface area contributed by atoms with Crippen LogP contribution in [0, 0.1) is 5.82 Å². The number of rotatable bonds is 5. The quantitative estimate of drug-likeness (QED) is 0.126. The number of nitrogen functional groups attached to an aromatic ring is 1. The van der Waals surface area contributed by atoms with Crippen molar-refractivity contribution in [3.05, 3.63) is 106 Å². The monoisotopic (exact) mass is 573 g/mol. The lowest BCUT2D eigenvalue weighted by Crippen LogP contribution is -2.14. The number of ether oxygens (including phenoxy) is 1. The van der Waals surface area contributed by atoms with Crippen molar-refractivity contribution < 1.29 is 22.3 Å². The van der Waals surface area contributed by atoms with Crippen molar-refractivity contribution in [1.82, 2.24) is 0 Å². The molecule has 0 unspecified atom stereocenters. The zero-order valence-electron chi connectivity index (χ0n) is 21.8. The molecule has 1 fully saturated rings. The van der Waals surface area contributed by atoms with Crippen LogP contribution in [-0.2, 0) is 12.8 Å². The fourth-order valence-electron chi connectivity index (χ4n) is 6.17. The maximum atomic E-state index is 16.6. The van der Waals surface area contributed by atoms with Gasteiger partial charge in [0.2, 0.25) is 0 Å². The Morgan fingerprint density at radius 1 is 0.829 bits per heavy atom. The van der Waals surface area contributed by atoms with Gasteiger partial charge in [-0.1, -0.05) is 60.5 Å². The third kappa shape index (κ3) is 4.32. The zero-order valence-corrected chi connectivity index (χ0v) is 22.5. The van der Waals surface area contributed by atoms with Gasteiger partial charge in [0, 0.05) is 27.4 Å². The molecule has 0 amide bonds. The van der Waals surface area contributed by atoms with E-state index >= 15 is 4.39 Å². The van der Waals surface area contributed by atoms with Gasteiger partial charge < -0.3 is 10.5 Å². The SMILES string of the molecule is Nc1cc2ccc3cccc4c(-c5ccc(C6CCC6)c(OCc6cc(Cl)ccc6C(F)(F)F)c5F)cc(c1)c2c34. The van der Waals surface area contributed by atoms with Gasteiger partial charge in [0.15, 0.2) is 11.6 Å². The lowest BCUT2D eigenvalue weighted by molar-refractivity contribution is -0.138. The predicted octanol–water partition coefficient (Wildman–Crippen LogP) is 10.5. The normalized spacial score (nSPS) is 14.3. The first-order valence-electron chi connectivity index (χ1n) is 13.5. The molecule has 1 saturated carbocycles. The average Bonchev–Trinajstić information content (AvgIpc) is 2.89. The van der Waals surface area contributed by atoms with Gasteiger partial charge in [0.05, 0.1) is 5.56 Å². The Bertz CT molecular complexity index is 1960. The molecule has 0 spiro atoms. The number of alkyl halides is 3. The first-order valence-corrected chi connectivity index (χ1v) is 13.8. The smallest absolute Gasteiger partial charge is 0.416 e. The highest BCUT2D eigenvalue weighted by atomic mass is 35.5. The van der Waals surface area contributed by atoms with Gasteiger partial charge in [0.1, 0.15) is 6.61 Å². The van der Waals surface area contributed by atoms with Crippen molar-refractivity contribution in [2.24, 2.45) is 0 Å². The molecule has 206 valence electrons. The van der Waals surface area contributed by atoms with Gasteiger partial charge in [-0.15, -0.1) is 0 Å². The van der Waals surface area contributed by atoms with Crippen molar-refractivity contribution in [1.29, 1.82) is 0 Å². The summed E-state index contributed by atoms with van der Waals surface area (Å²) >= 11 is 6.03. The van der Waals surface area contributed by atoms with Crippen LogP contribution in [-0.4, -0.2) is 0 Å². The van der Waals surface area contributed by atoms with E-state index in [9.17, 15) is 13.2 Å². The van der Waals surface area contributed by atoms with Crippen molar-refractivity contribution in [3.63, 3.8) is 0 Å². The average molecular weight is 574 g/mol. The molecule has 0 saturated heterocycles. The summed E-state index contributed by atoms with van der Waals surface area (Å²) < 4.78 is 63.8. The Balaban J connectivity index is 1.41. The summed E-state index contributed by atoms with van der Waals surface area (Å²) in [5, 5.41) is 6.00. The summed E-state index contributed by atoms with van der Waals surface area (Å²) in [4.78, 5) is 0. The molecule has 6 aromatic rings. The predicted molar refractivity (Wildman–Crippen MR) is 157 cm³/mol. The molecule has 1 aliphatic carbocycles. The van der Waals surface area contributed by atoms with Crippen LogP contribution in [0.4, 0.5) is 23.2 Å². The van der Waals surface area contributed by atoms with Crippen LogP contribution in [0.15, 0.2) is 78.9 Å². The van der Waals surface area contributed by atoms with Gasteiger partial charge in [0.25, 0.3) is 0 Å². The van der Waals surface area contributed by atoms with E-state index in [1.807, 2.05) is 54.6 Å². The van der Waals surface area contributed by atoms with E-state index in [1.54, 1.807) is 6.07 Å². The zero-order chi connectivity index (χ0) is 28.5. The maximum absolute atomic E-state index is 16.6. The van der Waals surface area contributed by atoms with Crippen LogP contribution in [0.5, 0.6) is 5.75 Å². The van der Waals surface area contributed by atoms with Crippen LogP contribution in [0.3, 0.4) is 0 Å². The van der Waals surface area contributed by atoms with Gasteiger partial charge in [-0.25, -0.2) is 4.39 Å². The molecule has 0 bridgehead atoms. The molecule has 0 radical (unpaired) electrons. The van der Waals surface area contributed by atoms with Crippen molar-refractivity contribution >= 4 is 49.6 Å². The highest BCUT2D eigenvalue weighted by molar-refractivity contribution is 6.30. The van der Waals surface area contributed by atoms with E-state index in [2.05, 4.69) is 0 Å². The highest BCUT2D eigenvalue weighted by Gasteiger charge is 2.34. The third-order valence-corrected chi connectivity index (χ3v) is 8.54. The third-order valence-electron chi connectivity index (χ3n) is 8.31. The largest absolute Gasteiger partial charge is 0.485 e. The van der Waals surface area contributed by atoms with E-state index < -0.39 is 24.2 Å². The summed E-state index contributed by atoms with van der Waals surface area (Å²) in [6.07, 6.45) is -1.84. The molecule has 7 rings (SSSR count). The van der Waals surface area contributed by atoms with Gasteiger partial charge in [-0.3, -0.25) is 0 Å². The van der Waals surface area contributed by atoms with Gasteiger partial charge >= 0.3 is 6.18 Å². The molecular formula is C34H24ClF4NO. The lowest BCUT2D eigenvalue weighted by atomic mass is 9.79. The number of benzene rings is 6. The highest BCUT2D eigenvalue weighted by Crippen LogP contribution is 2.47. The van der Waals surface area contributed by atoms with Crippen LogP contribution >= 0.6 is 11.6 Å². The van der Waals surface area contributed by atoms with E-state index in [-0.39, 0.29) is 22.3 Å². The molecule has 0 heterocycles. The minimum absolute atomic E-state index is 0.00930. The molecule has 0 atom stereocenters. The first kappa shape index (κ1) is 25.9. The molecule has 0 aromatic heterocycles. The second-order valence-electron chi connectivity index (χ2n) is 10.8. The van der Waals surface area contributed by atoms with E-state index in [0.717, 1.165) is 57.6 Å². The van der Waals surface area contributed by atoms with Crippen molar-refractivity contribution in [2.75, 3.05) is 5.73 Å². The first-order chi connectivity index (χ1) is 19.7. The Kier molecular flexibility index (Phi) is 6.02. The molecule has 41 heavy (non-hydrogen) atoms. The summed E-state index contributed by atoms with van der Waals surface area (Å²) in [7, 11) is 0. The van der Waals surface area contributed by atoms with E-state index in [4.69, 9.17) is 22.1 Å². The second-order valence-corrected chi connectivity index (χ2v) is 11.2. The number of nitrogens with two attached hydrogens (primary N) is 1. The maximum Gasteiger partial charge on any atom is 0.416 e. The Morgan fingerprint density at radius 2 is 1.61 bits per heavy atom. The summed E-state index contributed by atoms with van der Waals surface area (Å²) in [5.74, 6) is -0.509. The van der Waals surface area contributed by atoms with Crippen LogP contribution in [0.25, 0.3) is 43.4 Å². The fraction of sp³-hybridized carbons (Fsp3) is 0.176. The number of hydrogen-bond donors (Lipinski definition) is 1. The second kappa shape index (κ2) is 9.52. The molecular weight excluding hydrogens is 550 g/mol. The molecule has 0 aliphatic heterocycles. The minimum atomic E-state index is -4.59. The van der Waals surface area contributed by atoms with E-state index in [0.29, 0.717) is 22.4 Å². The van der Waals surface area contributed by atoms with Crippen molar-refractivity contribution in [2.45, 2.75) is 38.0 Å². The van der Waals surface area contributed by atoms with Gasteiger partial charge in [-0.05, 0) is 93.0 Å². The van der Waals surface area contributed by atoms with Crippen LogP contribution in [0.1, 0.15) is 41.9 Å². The van der Waals surface area contributed by atoms with E-state index in [1.165, 1.54) is 12.1 Å². The summed E-state index contributed by atoms with van der Waals surface area (Å²) in [5.41, 5.74) is 7.48. The topological polar surface area (TPSA) is 35.2 Å². The Labute approximate surface area is 238 Å². The number of halogens is 5. The molecule has 1 aliphatic rings. The molecule has 6 aromatic carbocycles. The molecule has 7 heteroatoms. The Hall–Kier alpha value is -4.03. The summed E-state index contributed by atoms with van der Waals surface area (Å²) in [6.45, 7) is -0.469. The summed E-state index contributed by atoms with van der Waals surface area (Å²) in [6, 6.07) is 22.7. The lowest BCUT2D eigenvalue weighted by Gasteiger charge is -2.29. The standard InChI is InChI=1S/C34H24ClF4NO/c35-23-9-12-29(34(37,38)39)22(13-23)17-41-33-25(18-3-1-4-18)10-11-27(32(33)36)28-16-21-15-24(40)14-20-8-7-19-5-2-6-26(28)31(19)30(20)21/h2,5-16,18H,1,3-4,17,40H2. The van der Waals surface area contributed by atoms with Crippen LogP contribution < -0.4 is 10.5 Å². The van der Waals surface area contributed by atoms with Crippen LogP contribution in [0.2, 0.25) is 5.02 Å². The number of anilines is 1. The molecule has 2 nitrogen and oxygen atoms in total. The fourth-order valence-corrected chi connectivity index (χ4v) is 6.36. The van der Waals surface area contributed by atoms with Gasteiger partial charge in [-0.2, -0.15) is 13.2 Å². The number of hydrogen-bond acceptors (Lipinski definition) is 2. The minimum Gasteiger partial charge on any atom is -0.485 e.